The SMILES string of the molecule is Cc1cc(-c2cncc(Cl)n2)cc(C)n1. The Morgan fingerprint density at radius 1 is 1.00 bits per heavy atom. The Balaban J connectivity index is 2.54. The molecule has 2 heterocycles. The smallest absolute Gasteiger partial charge is 0.148 e. The average molecular weight is 220 g/mol. The standard InChI is InChI=1S/C11H10ClN3/c1-7-3-9(4-8(2)14-7)10-5-13-6-11(12)15-10/h3-6H,1-2H3. The third-order valence-corrected chi connectivity index (χ3v) is 2.16. The molecule has 0 unspecified atom stereocenters. The lowest BCUT2D eigenvalue weighted by atomic mass is 10.1. The number of pyridine rings is 1. The van der Waals surface area contributed by atoms with Crippen molar-refractivity contribution in [2.75, 3.05) is 0 Å². The van der Waals surface area contributed by atoms with Crippen molar-refractivity contribution >= 4 is 11.6 Å². The van der Waals surface area contributed by atoms with Crippen LogP contribution in [-0.2, 0) is 0 Å². The Labute approximate surface area is 93.2 Å². The topological polar surface area (TPSA) is 38.7 Å². The first-order valence-corrected chi connectivity index (χ1v) is 4.96. The summed E-state index contributed by atoms with van der Waals surface area (Å²) in [6, 6.07) is 3.93. The molecule has 2 rings (SSSR count). The maximum Gasteiger partial charge on any atom is 0.148 e. The molecular formula is C11H10ClN3. The van der Waals surface area contributed by atoms with Crippen molar-refractivity contribution < 1.29 is 0 Å². The highest BCUT2D eigenvalue weighted by molar-refractivity contribution is 6.29. The average Bonchev–Trinajstić information content (AvgIpc) is 2.16. The van der Waals surface area contributed by atoms with Crippen molar-refractivity contribution in [2.24, 2.45) is 0 Å². The molecule has 2 aromatic rings. The van der Waals surface area contributed by atoms with Gasteiger partial charge in [-0.2, -0.15) is 0 Å². The van der Waals surface area contributed by atoms with Crippen molar-refractivity contribution in [2.45, 2.75) is 13.8 Å². The number of aromatic nitrogens is 3. The highest BCUT2D eigenvalue weighted by atomic mass is 35.5. The fraction of sp³-hybridized carbons (Fsp3) is 0.182. The van der Waals surface area contributed by atoms with E-state index < -0.39 is 0 Å². The molecule has 0 N–H and O–H groups in total. The minimum absolute atomic E-state index is 0.402. The number of hydrogen-bond donors (Lipinski definition) is 0. The molecule has 0 radical (unpaired) electrons. The molecule has 0 amide bonds. The highest BCUT2D eigenvalue weighted by Crippen LogP contribution is 2.19. The van der Waals surface area contributed by atoms with E-state index in [0.717, 1.165) is 22.6 Å². The first kappa shape index (κ1) is 10.1. The van der Waals surface area contributed by atoms with Crippen LogP contribution in [0.4, 0.5) is 0 Å². The van der Waals surface area contributed by atoms with Crippen LogP contribution in [0, 0.1) is 13.8 Å². The van der Waals surface area contributed by atoms with Crippen LogP contribution < -0.4 is 0 Å². The van der Waals surface area contributed by atoms with Crippen molar-refractivity contribution in [3.8, 4) is 11.3 Å². The lowest BCUT2D eigenvalue weighted by molar-refractivity contribution is 1.11. The summed E-state index contributed by atoms with van der Waals surface area (Å²) >= 11 is 5.79. The Morgan fingerprint density at radius 2 is 1.67 bits per heavy atom. The molecule has 0 aliphatic carbocycles. The molecule has 0 atom stereocenters. The Kier molecular flexibility index (Phi) is 2.64. The molecule has 4 heteroatoms. The predicted molar refractivity (Wildman–Crippen MR) is 59.7 cm³/mol. The van der Waals surface area contributed by atoms with Gasteiger partial charge in [-0.1, -0.05) is 11.6 Å². The van der Waals surface area contributed by atoms with Gasteiger partial charge in [-0.3, -0.25) is 9.97 Å². The van der Waals surface area contributed by atoms with Gasteiger partial charge in [0.15, 0.2) is 0 Å². The number of nitrogens with zero attached hydrogens (tertiary/aromatic N) is 3. The molecule has 76 valence electrons. The molecule has 3 nitrogen and oxygen atoms in total. The second-order valence-electron chi connectivity index (χ2n) is 3.37. The third-order valence-electron chi connectivity index (χ3n) is 1.98. The van der Waals surface area contributed by atoms with Gasteiger partial charge in [0.05, 0.1) is 18.1 Å². The van der Waals surface area contributed by atoms with Gasteiger partial charge in [0.1, 0.15) is 5.15 Å². The van der Waals surface area contributed by atoms with Crippen LogP contribution >= 0.6 is 11.6 Å². The van der Waals surface area contributed by atoms with E-state index in [9.17, 15) is 0 Å². The molecular weight excluding hydrogens is 210 g/mol. The van der Waals surface area contributed by atoms with Crippen LogP contribution in [0.25, 0.3) is 11.3 Å². The Hall–Kier alpha value is -1.48. The second kappa shape index (κ2) is 3.95. The van der Waals surface area contributed by atoms with Gasteiger partial charge in [0, 0.05) is 17.0 Å². The summed E-state index contributed by atoms with van der Waals surface area (Å²) < 4.78 is 0. The molecule has 0 saturated heterocycles. The molecule has 0 bridgehead atoms. The van der Waals surface area contributed by atoms with E-state index in [4.69, 9.17) is 11.6 Å². The first-order chi connectivity index (χ1) is 7.15. The fourth-order valence-electron chi connectivity index (χ4n) is 1.46. The third kappa shape index (κ3) is 2.30. The molecule has 2 aromatic heterocycles. The van der Waals surface area contributed by atoms with Crippen molar-refractivity contribution in [3.05, 3.63) is 41.1 Å². The van der Waals surface area contributed by atoms with E-state index in [1.807, 2.05) is 26.0 Å². The van der Waals surface area contributed by atoms with Crippen LogP contribution in [-0.4, -0.2) is 15.0 Å². The van der Waals surface area contributed by atoms with Gasteiger partial charge in [-0.25, -0.2) is 4.98 Å². The van der Waals surface area contributed by atoms with Gasteiger partial charge in [-0.15, -0.1) is 0 Å². The summed E-state index contributed by atoms with van der Waals surface area (Å²) in [6.07, 6.45) is 3.21. The van der Waals surface area contributed by atoms with Crippen LogP contribution in [0.1, 0.15) is 11.4 Å². The number of halogens is 1. The van der Waals surface area contributed by atoms with E-state index in [1.165, 1.54) is 6.20 Å². The lowest BCUT2D eigenvalue weighted by Gasteiger charge is -2.03. The zero-order valence-corrected chi connectivity index (χ0v) is 9.28. The molecule has 0 spiro atoms. The summed E-state index contributed by atoms with van der Waals surface area (Å²) in [7, 11) is 0. The molecule has 0 fully saturated rings. The summed E-state index contributed by atoms with van der Waals surface area (Å²) in [5.74, 6) is 0. The van der Waals surface area contributed by atoms with E-state index >= 15 is 0 Å². The minimum Gasteiger partial charge on any atom is -0.259 e. The first-order valence-electron chi connectivity index (χ1n) is 4.58. The normalized spacial score (nSPS) is 10.3. The quantitative estimate of drug-likeness (QED) is 0.740. The van der Waals surface area contributed by atoms with Crippen LogP contribution in [0.15, 0.2) is 24.5 Å². The van der Waals surface area contributed by atoms with Crippen molar-refractivity contribution in [1.82, 2.24) is 15.0 Å². The van der Waals surface area contributed by atoms with Gasteiger partial charge in [0.25, 0.3) is 0 Å². The maximum atomic E-state index is 5.79. The predicted octanol–water partition coefficient (Wildman–Crippen LogP) is 2.81. The van der Waals surface area contributed by atoms with Crippen LogP contribution in [0.2, 0.25) is 5.15 Å². The van der Waals surface area contributed by atoms with Gasteiger partial charge >= 0.3 is 0 Å². The maximum absolute atomic E-state index is 5.79. The summed E-state index contributed by atoms with van der Waals surface area (Å²) in [5.41, 5.74) is 3.70. The largest absolute Gasteiger partial charge is 0.259 e. The summed E-state index contributed by atoms with van der Waals surface area (Å²) in [5, 5.41) is 0.402. The highest BCUT2D eigenvalue weighted by Gasteiger charge is 2.02. The lowest BCUT2D eigenvalue weighted by Crippen LogP contribution is -1.91. The van der Waals surface area contributed by atoms with E-state index in [2.05, 4.69) is 15.0 Å². The Morgan fingerprint density at radius 3 is 2.27 bits per heavy atom. The molecule has 0 aliphatic heterocycles. The van der Waals surface area contributed by atoms with E-state index in [0.29, 0.717) is 5.15 Å². The molecule has 0 aliphatic rings. The zero-order chi connectivity index (χ0) is 10.8. The van der Waals surface area contributed by atoms with Crippen molar-refractivity contribution in [3.63, 3.8) is 0 Å². The van der Waals surface area contributed by atoms with E-state index in [-0.39, 0.29) is 0 Å². The van der Waals surface area contributed by atoms with Gasteiger partial charge < -0.3 is 0 Å². The van der Waals surface area contributed by atoms with Crippen LogP contribution in [0.3, 0.4) is 0 Å². The fourth-order valence-corrected chi connectivity index (χ4v) is 1.61. The molecule has 15 heavy (non-hydrogen) atoms. The van der Waals surface area contributed by atoms with Gasteiger partial charge in [0.2, 0.25) is 0 Å². The number of hydrogen-bond acceptors (Lipinski definition) is 3. The number of aryl methyl sites for hydroxylation is 2. The molecule has 0 aromatic carbocycles. The monoisotopic (exact) mass is 219 g/mol. The zero-order valence-electron chi connectivity index (χ0n) is 8.53. The van der Waals surface area contributed by atoms with Crippen LogP contribution in [0.5, 0.6) is 0 Å². The van der Waals surface area contributed by atoms with Crippen molar-refractivity contribution in [1.29, 1.82) is 0 Å². The molecule has 0 saturated carbocycles. The summed E-state index contributed by atoms with van der Waals surface area (Å²) in [6.45, 7) is 3.91. The van der Waals surface area contributed by atoms with E-state index in [1.54, 1.807) is 6.20 Å². The number of rotatable bonds is 1. The Bertz CT molecular complexity index is 477. The van der Waals surface area contributed by atoms with Gasteiger partial charge in [-0.05, 0) is 26.0 Å². The second-order valence-corrected chi connectivity index (χ2v) is 3.75. The minimum atomic E-state index is 0.402. The summed E-state index contributed by atoms with van der Waals surface area (Å²) in [4.78, 5) is 12.5.